The van der Waals surface area contributed by atoms with Crippen LogP contribution in [0.25, 0.3) is 0 Å². The number of hydrogen-bond acceptors (Lipinski definition) is 5. The Bertz CT molecular complexity index is 466. The van der Waals surface area contributed by atoms with E-state index in [0.717, 1.165) is 31.7 Å². The van der Waals surface area contributed by atoms with Gasteiger partial charge in [-0.05, 0) is 39.5 Å². The summed E-state index contributed by atoms with van der Waals surface area (Å²) in [7, 11) is 1.76. The van der Waals surface area contributed by atoms with E-state index >= 15 is 0 Å². The van der Waals surface area contributed by atoms with Gasteiger partial charge in [0.05, 0.1) is 12.3 Å². The number of aromatic nitrogens is 1. The molecule has 21 heavy (non-hydrogen) atoms. The lowest BCUT2D eigenvalue weighted by atomic mass is 10.2. The van der Waals surface area contributed by atoms with Crippen molar-refractivity contribution in [1.29, 1.82) is 0 Å². The van der Waals surface area contributed by atoms with E-state index in [9.17, 15) is 0 Å². The van der Waals surface area contributed by atoms with Crippen molar-refractivity contribution < 1.29 is 4.74 Å². The smallest absolute Gasteiger partial charge is 0.186 e. The fourth-order valence-corrected chi connectivity index (χ4v) is 3.82. The van der Waals surface area contributed by atoms with E-state index in [1.807, 2.05) is 11.3 Å². The third-order valence-corrected chi connectivity index (χ3v) is 5.32. The summed E-state index contributed by atoms with van der Waals surface area (Å²) >= 11 is 1.88. The Morgan fingerprint density at radius 1 is 1.33 bits per heavy atom. The van der Waals surface area contributed by atoms with Gasteiger partial charge in [-0.25, -0.2) is 4.98 Å². The molecule has 0 spiro atoms. The van der Waals surface area contributed by atoms with Gasteiger partial charge in [0.25, 0.3) is 0 Å². The van der Waals surface area contributed by atoms with Gasteiger partial charge < -0.3 is 15.0 Å². The predicted molar refractivity (Wildman–Crippen MR) is 88.3 cm³/mol. The van der Waals surface area contributed by atoms with Crippen LogP contribution in [-0.2, 0) is 11.3 Å². The fourth-order valence-electron chi connectivity index (χ4n) is 2.56. The quantitative estimate of drug-likeness (QED) is 0.760. The third-order valence-electron chi connectivity index (χ3n) is 4.21. The van der Waals surface area contributed by atoms with Gasteiger partial charge >= 0.3 is 0 Å². The number of ether oxygens (including phenoxy) is 1. The highest BCUT2D eigenvalue weighted by Crippen LogP contribution is 2.44. The van der Waals surface area contributed by atoms with E-state index in [-0.39, 0.29) is 0 Å². The summed E-state index contributed by atoms with van der Waals surface area (Å²) in [6.07, 6.45) is 5.32. The predicted octanol–water partition coefficient (Wildman–Crippen LogP) is 3.13. The molecule has 1 aromatic rings. The second kappa shape index (κ2) is 6.63. The Kier molecular flexibility index (Phi) is 4.82. The van der Waals surface area contributed by atoms with Crippen LogP contribution >= 0.6 is 11.3 Å². The van der Waals surface area contributed by atoms with Gasteiger partial charge in [0.2, 0.25) is 0 Å². The maximum atomic E-state index is 5.25. The first kappa shape index (κ1) is 15.3. The molecule has 2 saturated carbocycles. The van der Waals surface area contributed by atoms with Crippen molar-refractivity contribution in [3.8, 4) is 0 Å². The molecule has 2 aliphatic carbocycles. The first-order valence-corrected chi connectivity index (χ1v) is 8.99. The number of anilines is 1. The maximum absolute atomic E-state index is 5.25. The second-order valence-corrected chi connectivity index (χ2v) is 7.58. The zero-order valence-electron chi connectivity index (χ0n) is 13.4. The van der Waals surface area contributed by atoms with E-state index in [2.05, 4.69) is 24.1 Å². The number of hydrogen-bond donors (Lipinski definition) is 1. The minimum absolute atomic E-state index is 0.461. The Labute approximate surface area is 131 Å². The Balaban J connectivity index is 1.74. The monoisotopic (exact) mass is 309 g/mol. The van der Waals surface area contributed by atoms with Gasteiger partial charge in [-0.2, -0.15) is 0 Å². The van der Waals surface area contributed by atoms with E-state index < -0.39 is 0 Å². The van der Waals surface area contributed by atoms with Crippen LogP contribution in [-0.4, -0.2) is 37.3 Å². The molecule has 0 aromatic carbocycles. The summed E-state index contributed by atoms with van der Waals surface area (Å²) in [4.78, 5) is 8.83. The van der Waals surface area contributed by atoms with Crippen molar-refractivity contribution in [2.75, 3.05) is 25.2 Å². The highest BCUT2D eigenvalue weighted by atomic mass is 32.1. The molecule has 2 fully saturated rings. The summed E-state index contributed by atoms with van der Waals surface area (Å²) in [6, 6.07) is 1.22. The van der Waals surface area contributed by atoms with Gasteiger partial charge in [-0.1, -0.05) is 0 Å². The minimum Gasteiger partial charge on any atom is -0.383 e. The molecule has 0 aliphatic heterocycles. The number of thiazole rings is 1. The van der Waals surface area contributed by atoms with E-state index in [1.165, 1.54) is 41.4 Å². The molecule has 0 unspecified atom stereocenters. The van der Waals surface area contributed by atoms with Crippen molar-refractivity contribution in [2.45, 2.75) is 64.1 Å². The van der Waals surface area contributed by atoms with E-state index in [1.54, 1.807) is 7.11 Å². The lowest BCUT2D eigenvalue weighted by Crippen LogP contribution is -2.33. The number of rotatable bonds is 9. The van der Waals surface area contributed by atoms with Crippen LogP contribution < -0.4 is 10.2 Å². The molecule has 4 nitrogen and oxygen atoms in total. The Hall–Kier alpha value is -0.650. The fraction of sp³-hybridized carbons (Fsp3) is 0.812. The van der Waals surface area contributed by atoms with Crippen LogP contribution in [0.3, 0.4) is 0 Å². The van der Waals surface area contributed by atoms with Gasteiger partial charge in [-0.15, -0.1) is 11.3 Å². The minimum atomic E-state index is 0.461. The van der Waals surface area contributed by atoms with Crippen LogP contribution in [0.2, 0.25) is 0 Å². The third kappa shape index (κ3) is 3.96. The molecule has 0 atom stereocenters. The molecular formula is C16H27N3OS. The molecule has 1 aromatic heterocycles. The molecule has 3 rings (SSSR count). The van der Waals surface area contributed by atoms with Crippen LogP contribution in [0.1, 0.15) is 56.0 Å². The molecule has 2 aliphatic rings. The summed E-state index contributed by atoms with van der Waals surface area (Å²) in [5.41, 5.74) is 1.37. The molecule has 5 heteroatoms. The molecule has 0 amide bonds. The number of nitrogens with one attached hydrogen (secondary N) is 1. The van der Waals surface area contributed by atoms with Crippen LogP contribution in [0, 0.1) is 0 Å². The standard InChI is InChI=1S/C16H27N3OS/c1-11(2)19(8-9-20-3)16-18-15(12-4-5-12)14(21-16)10-17-13-6-7-13/h11-13,17H,4-10H2,1-3H3. The lowest BCUT2D eigenvalue weighted by Gasteiger charge is -2.25. The van der Waals surface area contributed by atoms with Crippen molar-refractivity contribution in [1.82, 2.24) is 10.3 Å². The van der Waals surface area contributed by atoms with Crippen molar-refractivity contribution >= 4 is 16.5 Å². The van der Waals surface area contributed by atoms with E-state index in [0.29, 0.717) is 6.04 Å². The SMILES string of the molecule is COCCN(c1nc(C2CC2)c(CNC2CC2)s1)C(C)C. The average molecular weight is 309 g/mol. The topological polar surface area (TPSA) is 37.4 Å². The van der Waals surface area contributed by atoms with Crippen molar-refractivity contribution in [3.63, 3.8) is 0 Å². The van der Waals surface area contributed by atoms with Gasteiger partial charge in [0.15, 0.2) is 5.13 Å². The second-order valence-electron chi connectivity index (χ2n) is 6.51. The average Bonchev–Trinajstić information content (AvgIpc) is 3.36. The first-order valence-electron chi connectivity index (χ1n) is 8.17. The molecule has 118 valence electrons. The summed E-state index contributed by atoms with van der Waals surface area (Å²) in [5.74, 6) is 0.724. The summed E-state index contributed by atoms with van der Waals surface area (Å²) in [6.45, 7) is 7.14. The highest BCUT2D eigenvalue weighted by molar-refractivity contribution is 7.15. The van der Waals surface area contributed by atoms with Crippen molar-refractivity contribution in [3.05, 3.63) is 10.6 Å². The maximum Gasteiger partial charge on any atom is 0.186 e. The normalized spacial score (nSPS) is 18.5. The van der Waals surface area contributed by atoms with Gasteiger partial charge in [-0.3, -0.25) is 0 Å². The largest absolute Gasteiger partial charge is 0.383 e. The molecular weight excluding hydrogens is 282 g/mol. The van der Waals surface area contributed by atoms with Crippen LogP contribution in [0.15, 0.2) is 0 Å². The van der Waals surface area contributed by atoms with Crippen LogP contribution in [0.5, 0.6) is 0 Å². The molecule has 1 heterocycles. The molecule has 0 bridgehead atoms. The summed E-state index contributed by atoms with van der Waals surface area (Å²) < 4.78 is 5.25. The number of nitrogens with zero attached hydrogens (tertiary/aromatic N) is 2. The number of methoxy groups -OCH3 is 1. The Morgan fingerprint density at radius 3 is 2.67 bits per heavy atom. The highest BCUT2D eigenvalue weighted by Gasteiger charge is 2.31. The zero-order chi connectivity index (χ0) is 14.8. The summed E-state index contributed by atoms with van der Waals surface area (Å²) in [5, 5.41) is 4.83. The molecule has 1 N–H and O–H groups in total. The lowest BCUT2D eigenvalue weighted by molar-refractivity contribution is 0.204. The molecule has 0 radical (unpaired) electrons. The van der Waals surface area contributed by atoms with Crippen molar-refractivity contribution in [2.24, 2.45) is 0 Å². The zero-order valence-corrected chi connectivity index (χ0v) is 14.2. The van der Waals surface area contributed by atoms with Crippen LogP contribution in [0.4, 0.5) is 5.13 Å². The molecule has 0 saturated heterocycles. The van der Waals surface area contributed by atoms with E-state index in [4.69, 9.17) is 9.72 Å². The first-order chi connectivity index (χ1) is 10.2. The van der Waals surface area contributed by atoms with Gasteiger partial charge in [0.1, 0.15) is 0 Å². The Morgan fingerprint density at radius 2 is 2.10 bits per heavy atom. The van der Waals surface area contributed by atoms with Gasteiger partial charge in [0, 0.05) is 43.1 Å².